The Bertz CT molecular complexity index is 768. The van der Waals surface area contributed by atoms with Crippen LogP contribution in [-0.4, -0.2) is 29.4 Å². The number of carbonyl (C=O) groups is 1. The molecule has 1 atom stereocenters. The van der Waals surface area contributed by atoms with Gasteiger partial charge in [0.2, 0.25) is 0 Å². The Morgan fingerprint density at radius 3 is 2.40 bits per heavy atom. The zero-order chi connectivity index (χ0) is 18.6. The maximum atomic E-state index is 12.4. The zero-order valence-corrected chi connectivity index (χ0v) is 14.9. The molecule has 6 heteroatoms. The third-order valence-corrected chi connectivity index (χ3v) is 4.29. The monoisotopic (exact) mass is 342 g/mol. The van der Waals surface area contributed by atoms with Crippen LogP contribution in [-0.2, 0) is 4.79 Å². The van der Waals surface area contributed by atoms with Crippen LogP contribution in [0.15, 0.2) is 42.5 Å². The van der Waals surface area contributed by atoms with E-state index in [4.69, 9.17) is 4.74 Å². The summed E-state index contributed by atoms with van der Waals surface area (Å²) in [6, 6.07) is 11.8. The van der Waals surface area contributed by atoms with Crippen LogP contribution in [0.3, 0.4) is 0 Å². The molecule has 0 bridgehead atoms. The summed E-state index contributed by atoms with van der Waals surface area (Å²) < 4.78 is 5.70. The van der Waals surface area contributed by atoms with Crippen LogP contribution in [0.4, 0.5) is 5.69 Å². The summed E-state index contributed by atoms with van der Waals surface area (Å²) in [6.07, 6.45) is 0. The molecule has 0 radical (unpaired) electrons. The lowest BCUT2D eigenvalue weighted by atomic mass is 10.1. The van der Waals surface area contributed by atoms with Crippen LogP contribution in [0, 0.1) is 24.0 Å². The summed E-state index contributed by atoms with van der Waals surface area (Å²) >= 11 is 0. The molecule has 0 aliphatic carbocycles. The number of hydrogen-bond donors (Lipinski definition) is 0. The standard InChI is InChI=1S/C19H22N2O4/c1-13-7-5-8-14(2)19(13)25-12-18(22)20(4)15(3)16-9-6-10-17(11-16)21(23)24/h5-11,15H,12H2,1-4H3/t15-/m1/s1. The highest BCUT2D eigenvalue weighted by atomic mass is 16.6. The minimum atomic E-state index is -0.442. The van der Waals surface area contributed by atoms with Crippen molar-refractivity contribution < 1.29 is 14.5 Å². The predicted octanol–water partition coefficient (Wildman–Crippen LogP) is 3.81. The highest BCUT2D eigenvalue weighted by Crippen LogP contribution is 2.25. The first-order chi connectivity index (χ1) is 11.8. The normalized spacial score (nSPS) is 11.7. The number of ether oxygens (including phenoxy) is 1. The first kappa shape index (κ1) is 18.4. The van der Waals surface area contributed by atoms with Crippen molar-refractivity contribution in [3.05, 3.63) is 69.3 Å². The van der Waals surface area contributed by atoms with Gasteiger partial charge in [-0.2, -0.15) is 0 Å². The third kappa shape index (κ3) is 4.35. The molecule has 0 N–H and O–H groups in total. The smallest absolute Gasteiger partial charge is 0.269 e. The van der Waals surface area contributed by atoms with Crippen molar-refractivity contribution in [2.75, 3.05) is 13.7 Å². The van der Waals surface area contributed by atoms with Gasteiger partial charge in [0.05, 0.1) is 11.0 Å². The SMILES string of the molecule is Cc1cccc(C)c1OCC(=O)N(C)[C@H](C)c1cccc([N+](=O)[O-])c1. The second-order valence-electron chi connectivity index (χ2n) is 6.04. The number of amides is 1. The van der Waals surface area contributed by atoms with Crippen molar-refractivity contribution in [1.29, 1.82) is 0 Å². The highest BCUT2D eigenvalue weighted by Gasteiger charge is 2.20. The molecule has 0 saturated heterocycles. The number of carbonyl (C=O) groups excluding carboxylic acids is 1. The maximum Gasteiger partial charge on any atom is 0.269 e. The number of rotatable bonds is 6. The van der Waals surface area contributed by atoms with Crippen LogP contribution in [0.5, 0.6) is 5.75 Å². The molecule has 2 rings (SSSR count). The lowest BCUT2D eigenvalue weighted by Crippen LogP contribution is -2.33. The lowest BCUT2D eigenvalue weighted by Gasteiger charge is -2.25. The van der Waals surface area contributed by atoms with Crippen molar-refractivity contribution in [1.82, 2.24) is 4.90 Å². The Labute approximate surface area is 147 Å². The van der Waals surface area contributed by atoms with Gasteiger partial charge in [-0.25, -0.2) is 0 Å². The molecule has 0 fully saturated rings. The van der Waals surface area contributed by atoms with Crippen molar-refractivity contribution in [2.45, 2.75) is 26.8 Å². The van der Waals surface area contributed by atoms with Gasteiger partial charge in [0, 0.05) is 19.2 Å². The van der Waals surface area contributed by atoms with E-state index < -0.39 is 4.92 Å². The van der Waals surface area contributed by atoms with E-state index in [1.807, 2.05) is 39.0 Å². The van der Waals surface area contributed by atoms with Gasteiger partial charge in [-0.1, -0.05) is 30.3 Å². The molecule has 6 nitrogen and oxygen atoms in total. The molecule has 1 amide bonds. The minimum Gasteiger partial charge on any atom is -0.483 e. The first-order valence-corrected chi connectivity index (χ1v) is 8.00. The topological polar surface area (TPSA) is 72.7 Å². The fourth-order valence-electron chi connectivity index (χ4n) is 2.60. The summed E-state index contributed by atoms with van der Waals surface area (Å²) in [5, 5.41) is 10.9. The number of para-hydroxylation sites is 1. The van der Waals surface area contributed by atoms with Gasteiger partial charge in [-0.05, 0) is 37.5 Å². The number of nitro groups is 1. The van der Waals surface area contributed by atoms with Gasteiger partial charge >= 0.3 is 0 Å². The van der Waals surface area contributed by atoms with Gasteiger partial charge in [0.25, 0.3) is 11.6 Å². The van der Waals surface area contributed by atoms with E-state index >= 15 is 0 Å². The molecule has 2 aromatic rings. The molecule has 2 aromatic carbocycles. The Morgan fingerprint density at radius 2 is 1.80 bits per heavy atom. The second kappa shape index (κ2) is 7.79. The lowest BCUT2D eigenvalue weighted by molar-refractivity contribution is -0.384. The van der Waals surface area contributed by atoms with Gasteiger partial charge in [0.1, 0.15) is 5.75 Å². The summed E-state index contributed by atoms with van der Waals surface area (Å²) in [7, 11) is 1.67. The Balaban J connectivity index is 2.06. The van der Waals surface area contributed by atoms with Gasteiger partial charge in [-0.3, -0.25) is 14.9 Å². The van der Waals surface area contributed by atoms with Crippen LogP contribution < -0.4 is 4.74 Å². The minimum absolute atomic E-state index is 0.0111. The molecule has 0 aliphatic rings. The highest BCUT2D eigenvalue weighted by molar-refractivity contribution is 5.78. The van der Waals surface area contributed by atoms with Gasteiger partial charge in [0.15, 0.2) is 6.61 Å². The fraction of sp³-hybridized carbons (Fsp3) is 0.316. The molecule has 132 valence electrons. The van der Waals surface area contributed by atoms with E-state index in [2.05, 4.69) is 0 Å². The van der Waals surface area contributed by atoms with E-state index in [1.165, 1.54) is 17.0 Å². The number of benzene rings is 2. The number of likely N-dealkylation sites (N-methyl/N-ethyl adjacent to an activating group) is 1. The van der Waals surface area contributed by atoms with Crippen LogP contribution in [0.25, 0.3) is 0 Å². The van der Waals surface area contributed by atoms with Crippen molar-refractivity contribution >= 4 is 11.6 Å². The largest absolute Gasteiger partial charge is 0.483 e. The predicted molar refractivity (Wildman–Crippen MR) is 95.7 cm³/mol. The number of nitro benzene ring substituents is 1. The number of non-ortho nitro benzene ring substituents is 1. The van der Waals surface area contributed by atoms with Crippen LogP contribution in [0.1, 0.15) is 29.7 Å². The van der Waals surface area contributed by atoms with Gasteiger partial charge in [-0.15, -0.1) is 0 Å². The quantitative estimate of drug-likeness (QED) is 0.591. The van der Waals surface area contributed by atoms with Gasteiger partial charge < -0.3 is 9.64 Å². The fourth-order valence-corrected chi connectivity index (χ4v) is 2.60. The average Bonchev–Trinajstić information content (AvgIpc) is 2.59. The molecular formula is C19H22N2O4. The van der Waals surface area contributed by atoms with Crippen molar-refractivity contribution in [3.8, 4) is 5.75 Å². The summed E-state index contributed by atoms with van der Waals surface area (Å²) in [6.45, 7) is 5.61. The van der Waals surface area contributed by atoms with E-state index in [9.17, 15) is 14.9 Å². The van der Waals surface area contributed by atoms with Crippen LogP contribution >= 0.6 is 0 Å². The first-order valence-electron chi connectivity index (χ1n) is 8.00. The Morgan fingerprint density at radius 1 is 1.20 bits per heavy atom. The molecule has 0 aromatic heterocycles. The number of hydrogen-bond acceptors (Lipinski definition) is 4. The molecular weight excluding hydrogens is 320 g/mol. The second-order valence-corrected chi connectivity index (χ2v) is 6.04. The number of nitrogens with zero attached hydrogens (tertiary/aromatic N) is 2. The average molecular weight is 342 g/mol. The molecule has 0 unspecified atom stereocenters. The number of aryl methyl sites for hydroxylation is 2. The Hall–Kier alpha value is -2.89. The molecule has 0 saturated carbocycles. The third-order valence-electron chi connectivity index (χ3n) is 4.29. The van der Waals surface area contributed by atoms with Crippen molar-refractivity contribution in [3.63, 3.8) is 0 Å². The summed E-state index contributed by atoms with van der Waals surface area (Å²) in [4.78, 5) is 24.4. The maximum absolute atomic E-state index is 12.4. The van der Waals surface area contributed by atoms with Crippen molar-refractivity contribution in [2.24, 2.45) is 0 Å². The molecule has 0 aliphatic heterocycles. The van der Waals surface area contributed by atoms with E-state index in [-0.39, 0.29) is 24.2 Å². The molecule has 25 heavy (non-hydrogen) atoms. The Kier molecular flexibility index (Phi) is 5.75. The molecule has 0 heterocycles. The van der Waals surface area contributed by atoms with E-state index in [0.717, 1.165) is 11.1 Å². The summed E-state index contributed by atoms with van der Waals surface area (Å²) in [5.41, 5.74) is 2.67. The zero-order valence-electron chi connectivity index (χ0n) is 14.9. The van der Waals surface area contributed by atoms with E-state index in [0.29, 0.717) is 11.3 Å². The van der Waals surface area contributed by atoms with Crippen LogP contribution in [0.2, 0.25) is 0 Å². The summed E-state index contributed by atoms with van der Waals surface area (Å²) in [5.74, 6) is 0.522. The van der Waals surface area contributed by atoms with E-state index in [1.54, 1.807) is 19.2 Å². The molecule has 0 spiro atoms.